The van der Waals surface area contributed by atoms with Gasteiger partial charge in [0.1, 0.15) is 0 Å². The van der Waals surface area contributed by atoms with Crippen molar-refractivity contribution in [3.8, 4) is 0 Å². The molecule has 1 heterocycles. The third-order valence-electron chi connectivity index (χ3n) is 3.77. The number of anilines is 1. The van der Waals surface area contributed by atoms with Crippen LogP contribution in [0.4, 0.5) is 5.69 Å². The molecule has 108 valence electrons. The Kier molecular flexibility index (Phi) is 4.09. The number of benzene rings is 1. The molecule has 5 nitrogen and oxygen atoms in total. The zero-order valence-electron chi connectivity index (χ0n) is 12.0. The van der Waals surface area contributed by atoms with E-state index in [4.69, 9.17) is 5.73 Å². The summed E-state index contributed by atoms with van der Waals surface area (Å²) in [5.74, 6) is -0.152. The average molecular weight is 275 g/mol. The van der Waals surface area contributed by atoms with E-state index >= 15 is 0 Å². The molecule has 0 aromatic heterocycles. The van der Waals surface area contributed by atoms with Crippen LogP contribution in [0.2, 0.25) is 0 Å². The summed E-state index contributed by atoms with van der Waals surface area (Å²) in [6.45, 7) is 5.56. The summed E-state index contributed by atoms with van der Waals surface area (Å²) >= 11 is 0. The maximum Gasteiger partial charge on any atom is 0.253 e. The van der Waals surface area contributed by atoms with Gasteiger partial charge in [-0.15, -0.1) is 0 Å². The van der Waals surface area contributed by atoms with Gasteiger partial charge in [0.15, 0.2) is 0 Å². The zero-order chi connectivity index (χ0) is 14.8. The van der Waals surface area contributed by atoms with Crippen molar-refractivity contribution >= 4 is 17.5 Å². The predicted octanol–water partition coefficient (Wildman–Crippen LogP) is 1.46. The van der Waals surface area contributed by atoms with E-state index in [1.165, 1.54) is 6.92 Å². The van der Waals surface area contributed by atoms with Gasteiger partial charge in [0.05, 0.1) is 0 Å². The zero-order valence-corrected chi connectivity index (χ0v) is 12.0. The average Bonchev–Trinajstić information content (AvgIpc) is 2.81. The number of amides is 2. The van der Waals surface area contributed by atoms with Crippen molar-refractivity contribution in [3.63, 3.8) is 0 Å². The van der Waals surface area contributed by atoms with Gasteiger partial charge < -0.3 is 16.0 Å². The molecule has 0 aliphatic carbocycles. The Balaban J connectivity index is 2.12. The van der Waals surface area contributed by atoms with Crippen molar-refractivity contribution in [2.24, 2.45) is 11.1 Å². The predicted molar refractivity (Wildman–Crippen MR) is 78.4 cm³/mol. The van der Waals surface area contributed by atoms with E-state index in [0.29, 0.717) is 24.3 Å². The first-order valence-electron chi connectivity index (χ1n) is 6.80. The summed E-state index contributed by atoms with van der Waals surface area (Å²) in [7, 11) is 0. The van der Waals surface area contributed by atoms with Crippen LogP contribution in [0.1, 0.15) is 30.6 Å². The van der Waals surface area contributed by atoms with E-state index < -0.39 is 0 Å². The highest BCUT2D eigenvalue weighted by atomic mass is 16.2. The Labute approximate surface area is 119 Å². The number of carbonyl (C=O) groups is 2. The van der Waals surface area contributed by atoms with Crippen LogP contribution in [-0.2, 0) is 4.79 Å². The van der Waals surface area contributed by atoms with Gasteiger partial charge in [-0.05, 0) is 36.6 Å². The standard InChI is InChI=1S/C15H21N3O2/c1-11(19)17-13-5-3-4-12(8-13)14(20)18-7-6-15(2,9-16)10-18/h3-5,8H,6-7,9-10,16H2,1-2H3,(H,17,19). The van der Waals surface area contributed by atoms with E-state index in [-0.39, 0.29) is 17.2 Å². The minimum absolute atomic E-state index is 0.00521. The number of hydrogen-bond acceptors (Lipinski definition) is 3. The molecular formula is C15H21N3O2. The van der Waals surface area contributed by atoms with Gasteiger partial charge in [-0.1, -0.05) is 13.0 Å². The fraction of sp³-hybridized carbons (Fsp3) is 0.467. The van der Waals surface area contributed by atoms with Crippen molar-refractivity contribution in [2.75, 3.05) is 25.0 Å². The fourth-order valence-electron chi connectivity index (χ4n) is 2.48. The van der Waals surface area contributed by atoms with Crippen molar-refractivity contribution < 1.29 is 9.59 Å². The van der Waals surface area contributed by atoms with Crippen molar-refractivity contribution in [2.45, 2.75) is 20.3 Å². The molecule has 20 heavy (non-hydrogen) atoms. The van der Waals surface area contributed by atoms with Gasteiger partial charge in [-0.2, -0.15) is 0 Å². The summed E-state index contributed by atoms with van der Waals surface area (Å²) in [4.78, 5) is 25.3. The quantitative estimate of drug-likeness (QED) is 0.876. The molecule has 1 fully saturated rings. The third kappa shape index (κ3) is 3.17. The highest BCUT2D eigenvalue weighted by Crippen LogP contribution is 2.29. The molecule has 0 saturated carbocycles. The number of nitrogens with two attached hydrogens (primary N) is 1. The largest absolute Gasteiger partial charge is 0.338 e. The minimum atomic E-state index is -0.147. The smallest absolute Gasteiger partial charge is 0.253 e. The summed E-state index contributed by atoms with van der Waals surface area (Å²) in [6, 6.07) is 7.02. The minimum Gasteiger partial charge on any atom is -0.338 e. The first kappa shape index (κ1) is 14.5. The summed E-state index contributed by atoms with van der Waals surface area (Å²) < 4.78 is 0. The molecule has 1 aromatic carbocycles. The Hall–Kier alpha value is -1.88. The van der Waals surface area contributed by atoms with Crippen LogP contribution in [0.5, 0.6) is 0 Å². The second kappa shape index (κ2) is 5.63. The van der Waals surface area contributed by atoms with E-state index in [0.717, 1.165) is 13.0 Å². The number of likely N-dealkylation sites (tertiary alicyclic amines) is 1. The molecule has 1 unspecified atom stereocenters. The SMILES string of the molecule is CC(=O)Nc1cccc(C(=O)N2CCC(C)(CN)C2)c1. The summed E-state index contributed by atoms with van der Waals surface area (Å²) in [5.41, 5.74) is 7.02. The number of nitrogens with zero attached hydrogens (tertiary/aromatic N) is 1. The third-order valence-corrected chi connectivity index (χ3v) is 3.77. The molecule has 0 radical (unpaired) electrons. The van der Waals surface area contributed by atoms with Crippen LogP contribution < -0.4 is 11.1 Å². The summed E-state index contributed by atoms with van der Waals surface area (Å²) in [5, 5.41) is 2.69. The molecule has 1 aromatic rings. The second-order valence-corrected chi connectivity index (χ2v) is 5.75. The van der Waals surface area contributed by atoms with Crippen molar-refractivity contribution in [1.29, 1.82) is 0 Å². The lowest BCUT2D eigenvalue weighted by atomic mass is 9.90. The van der Waals surface area contributed by atoms with E-state index in [1.807, 2.05) is 4.90 Å². The van der Waals surface area contributed by atoms with Crippen LogP contribution >= 0.6 is 0 Å². The van der Waals surface area contributed by atoms with Gasteiger partial charge in [0.2, 0.25) is 5.91 Å². The highest BCUT2D eigenvalue weighted by molar-refractivity contribution is 5.97. The fourth-order valence-corrected chi connectivity index (χ4v) is 2.48. The van der Waals surface area contributed by atoms with Crippen molar-refractivity contribution in [3.05, 3.63) is 29.8 Å². The maximum atomic E-state index is 12.5. The Morgan fingerprint density at radius 1 is 1.45 bits per heavy atom. The van der Waals surface area contributed by atoms with Crippen LogP contribution in [0.25, 0.3) is 0 Å². The molecule has 1 atom stereocenters. The lowest BCUT2D eigenvalue weighted by Gasteiger charge is -2.22. The molecule has 1 aliphatic rings. The maximum absolute atomic E-state index is 12.5. The normalized spacial score (nSPS) is 21.9. The van der Waals surface area contributed by atoms with Gasteiger partial charge >= 0.3 is 0 Å². The molecule has 0 bridgehead atoms. The second-order valence-electron chi connectivity index (χ2n) is 5.75. The molecule has 0 spiro atoms. The van der Waals surface area contributed by atoms with E-state index in [9.17, 15) is 9.59 Å². The van der Waals surface area contributed by atoms with Gasteiger partial charge in [0, 0.05) is 31.3 Å². The van der Waals surface area contributed by atoms with Crippen LogP contribution in [0, 0.1) is 5.41 Å². The number of hydrogen-bond donors (Lipinski definition) is 2. The Bertz CT molecular complexity index is 530. The van der Waals surface area contributed by atoms with Crippen LogP contribution in [0.3, 0.4) is 0 Å². The Morgan fingerprint density at radius 3 is 2.80 bits per heavy atom. The van der Waals surface area contributed by atoms with Gasteiger partial charge in [-0.25, -0.2) is 0 Å². The molecule has 1 aliphatic heterocycles. The first-order valence-corrected chi connectivity index (χ1v) is 6.80. The van der Waals surface area contributed by atoms with Gasteiger partial charge in [0.25, 0.3) is 5.91 Å². The molecule has 3 N–H and O–H groups in total. The van der Waals surface area contributed by atoms with Crippen molar-refractivity contribution in [1.82, 2.24) is 4.90 Å². The lowest BCUT2D eigenvalue weighted by Crippen LogP contribution is -2.34. The lowest BCUT2D eigenvalue weighted by molar-refractivity contribution is -0.114. The first-order chi connectivity index (χ1) is 9.43. The van der Waals surface area contributed by atoms with E-state index in [2.05, 4.69) is 12.2 Å². The monoisotopic (exact) mass is 275 g/mol. The Morgan fingerprint density at radius 2 is 2.20 bits per heavy atom. The van der Waals surface area contributed by atoms with Crippen LogP contribution in [-0.4, -0.2) is 36.3 Å². The molecule has 2 rings (SSSR count). The number of rotatable bonds is 3. The van der Waals surface area contributed by atoms with Gasteiger partial charge in [-0.3, -0.25) is 9.59 Å². The summed E-state index contributed by atoms with van der Waals surface area (Å²) in [6.07, 6.45) is 0.931. The molecule has 5 heteroatoms. The molecule has 1 saturated heterocycles. The topological polar surface area (TPSA) is 75.4 Å². The molecule has 2 amide bonds. The molecular weight excluding hydrogens is 254 g/mol. The van der Waals surface area contributed by atoms with Crippen LogP contribution in [0.15, 0.2) is 24.3 Å². The van der Waals surface area contributed by atoms with E-state index in [1.54, 1.807) is 24.3 Å². The highest BCUT2D eigenvalue weighted by Gasteiger charge is 2.35. The number of carbonyl (C=O) groups excluding carboxylic acids is 2. The number of nitrogens with one attached hydrogen (secondary N) is 1.